The number of aromatic nitrogens is 2. The van der Waals surface area contributed by atoms with Crippen molar-refractivity contribution in [1.82, 2.24) is 9.55 Å². The number of ether oxygens (including phenoxy) is 1. The second-order valence-corrected chi connectivity index (χ2v) is 8.32. The molecule has 0 radical (unpaired) electrons. The molecular weight excluding hydrogens is 416 g/mol. The lowest BCUT2D eigenvalue weighted by Crippen LogP contribution is -2.38. The molecule has 0 bridgehead atoms. The number of para-hydroxylation sites is 1. The zero-order valence-electron chi connectivity index (χ0n) is 17.6. The SMILES string of the molecule is COc1ccc(NC(=O)Cn2c(=O)nc(N3CCCC(C)C3)c3ccccc32)cc1Cl. The molecule has 1 N–H and O–H groups in total. The first kappa shape index (κ1) is 21.2. The Kier molecular flexibility index (Phi) is 6.13. The minimum absolute atomic E-state index is 0.146. The Balaban J connectivity index is 1.63. The van der Waals surface area contributed by atoms with Crippen molar-refractivity contribution in [3.63, 3.8) is 0 Å². The van der Waals surface area contributed by atoms with Gasteiger partial charge in [0.05, 0.1) is 17.6 Å². The predicted molar refractivity (Wildman–Crippen MR) is 123 cm³/mol. The molecule has 1 aliphatic rings. The third-order valence-corrected chi connectivity index (χ3v) is 5.86. The quantitative estimate of drug-likeness (QED) is 0.650. The molecule has 8 heteroatoms. The minimum atomic E-state index is -0.435. The number of carbonyl (C=O) groups is 1. The normalized spacial score (nSPS) is 16.4. The molecule has 2 heterocycles. The first-order chi connectivity index (χ1) is 15.0. The van der Waals surface area contributed by atoms with Crippen molar-refractivity contribution >= 4 is 39.9 Å². The summed E-state index contributed by atoms with van der Waals surface area (Å²) in [6.45, 7) is 3.82. The standard InChI is InChI=1S/C23H25ClN4O3/c1-15-6-5-11-27(13-15)22-17-7-3-4-8-19(17)28(23(30)26-22)14-21(29)25-16-9-10-20(31-2)18(24)12-16/h3-4,7-10,12,15H,5-6,11,13-14H2,1-2H3,(H,25,29). The summed E-state index contributed by atoms with van der Waals surface area (Å²) in [5, 5.41) is 4.05. The van der Waals surface area contributed by atoms with Crippen molar-refractivity contribution in [2.24, 2.45) is 5.92 Å². The van der Waals surface area contributed by atoms with E-state index in [2.05, 4.69) is 22.1 Å². The molecule has 1 fully saturated rings. The summed E-state index contributed by atoms with van der Waals surface area (Å²) >= 11 is 6.13. The second kappa shape index (κ2) is 8.98. The fourth-order valence-electron chi connectivity index (χ4n) is 4.08. The van der Waals surface area contributed by atoms with Crippen molar-refractivity contribution in [1.29, 1.82) is 0 Å². The van der Waals surface area contributed by atoms with Crippen LogP contribution in [0.4, 0.5) is 11.5 Å². The Morgan fingerprint density at radius 1 is 1.29 bits per heavy atom. The van der Waals surface area contributed by atoms with Crippen LogP contribution in [-0.4, -0.2) is 35.7 Å². The van der Waals surface area contributed by atoms with Crippen molar-refractivity contribution in [3.8, 4) is 5.75 Å². The van der Waals surface area contributed by atoms with Gasteiger partial charge in [-0.25, -0.2) is 4.79 Å². The zero-order valence-corrected chi connectivity index (χ0v) is 18.4. The van der Waals surface area contributed by atoms with Gasteiger partial charge in [-0.2, -0.15) is 4.98 Å². The summed E-state index contributed by atoms with van der Waals surface area (Å²) in [5.74, 6) is 1.44. The Labute approximate surface area is 185 Å². The Bertz CT molecular complexity index is 1180. The number of amides is 1. The van der Waals surface area contributed by atoms with Gasteiger partial charge in [-0.05, 0) is 49.1 Å². The average Bonchev–Trinajstić information content (AvgIpc) is 2.75. The van der Waals surface area contributed by atoms with E-state index in [0.29, 0.717) is 33.7 Å². The Morgan fingerprint density at radius 2 is 2.10 bits per heavy atom. The van der Waals surface area contributed by atoms with Crippen LogP contribution in [0.25, 0.3) is 10.9 Å². The number of hydrogen-bond donors (Lipinski definition) is 1. The first-order valence-electron chi connectivity index (χ1n) is 10.3. The van der Waals surface area contributed by atoms with E-state index in [1.807, 2.05) is 24.3 Å². The number of benzene rings is 2. The predicted octanol–water partition coefficient (Wildman–Crippen LogP) is 3.93. The highest BCUT2D eigenvalue weighted by molar-refractivity contribution is 6.32. The van der Waals surface area contributed by atoms with Gasteiger partial charge in [0, 0.05) is 24.2 Å². The smallest absolute Gasteiger partial charge is 0.350 e. The van der Waals surface area contributed by atoms with Gasteiger partial charge in [0.25, 0.3) is 0 Å². The van der Waals surface area contributed by atoms with Crippen molar-refractivity contribution < 1.29 is 9.53 Å². The summed E-state index contributed by atoms with van der Waals surface area (Å²) in [7, 11) is 1.53. The number of halogens is 1. The molecule has 2 aromatic carbocycles. The third kappa shape index (κ3) is 4.51. The molecule has 1 aromatic heterocycles. The van der Waals surface area contributed by atoms with Crippen molar-refractivity contribution in [3.05, 3.63) is 58.0 Å². The number of piperidine rings is 1. The summed E-state index contributed by atoms with van der Waals surface area (Å²) in [6.07, 6.45) is 2.26. The summed E-state index contributed by atoms with van der Waals surface area (Å²) < 4.78 is 6.54. The zero-order chi connectivity index (χ0) is 22.0. The van der Waals surface area contributed by atoms with Crippen LogP contribution in [0.5, 0.6) is 5.75 Å². The second-order valence-electron chi connectivity index (χ2n) is 7.91. The monoisotopic (exact) mass is 440 g/mol. The Morgan fingerprint density at radius 3 is 2.84 bits per heavy atom. The molecule has 1 saturated heterocycles. The molecule has 0 aliphatic carbocycles. The maximum absolute atomic E-state index is 12.9. The lowest BCUT2D eigenvalue weighted by molar-refractivity contribution is -0.116. The molecule has 31 heavy (non-hydrogen) atoms. The van der Waals surface area contributed by atoms with Crippen LogP contribution in [0, 0.1) is 5.92 Å². The third-order valence-electron chi connectivity index (χ3n) is 5.56. The molecule has 1 aliphatic heterocycles. The van der Waals surface area contributed by atoms with Gasteiger partial charge in [-0.15, -0.1) is 0 Å². The summed E-state index contributed by atoms with van der Waals surface area (Å²) in [6, 6.07) is 12.6. The van der Waals surface area contributed by atoms with E-state index in [0.717, 1.165) is 24.9 Å². The highest BCUT2D eigenvalue weighted by Crippen LogP contribution is 2.28. The van der Waals surface area contributed by atoms with E-state index in [9.17, 15) is 9.59 Å². The highest BCUT2D eigenvalue weighted by atomic mass is 35.5. The van der Waals surface area contributed by atoms with Crippen LogP contribution in [0.3, 0.4) is 0 Å². The molecule has 162 valence electrons. The largest absolute Gasteiger partial charge is 0.495 e. The molecule has 1 atom stereocenters. The molecule has 0 saturated carbocycles. The van der Waals surface area contributed by atoms with Crippen LogP contribution < -0.4 is 20.6 Å². The molecule has 4 rings (SSSR count). The van der Waals surface area contributed by atoms with E-state index < -0.39 is 5.69 Å². The first-order valence-corrected chi connectivity index (χ1v) is 10.7. The van der Waals surface area contributed by atoms with Crippen molar-refractivity contribution in [2.45, 2.75) is 26.3 Å². The molecular formula is C23H25ClN4O3. The number of carbonyl (C=O) groups excluding carboxylic acids is 1. The van der Waals surface area contributed by atoms with Gasteiger partial charge in [0.15, 0.2) is 0 Å². The fraction of sp³-hybridized carbons (Fsp3) is 0.348. The van der Waals surface area contributed by atoms with Gasteiger partial charge in [0.1, 0.15) is 18.1 Å². The number of hydrogen-bond acceptors (Lipinski definition) is 5. The van der Waals surface area contributed by atoms with E-state index in [-0.39, 0.29) is 12.5 Å². The minimum Gasteiger partial charge on any atom is -0.495 e. The van der Waals surface area contributed by atoms with Crippen LogP contribution in [0.2, 0.25) is 5.02 Å². The highest BCUT2D eigenvalue weighted by Gasteiger charge is 2.22. The fourth-order valence-corrected chi connectivity index (χ4v) is 4.33. The van der Waals surface area contributed by atoms with E-state index >= 15 is 0 Å². The maximum Gasteiger partial charge on any atom is 0.350 e. The number of rotatable bonds is 5. The van der Waals surface area contributed by atoms with Crippen LogP contribution in [0.15, 0.2) is 47.3 Å². The molecule has 3 aromatic rings. The van der Waals surface area contributed by atoms with Gasteiger partial charge in [-0.1, -0.05) is 30.7 Å². The van der Waals surface area contributed by atoms with Gasteiger partial charge in [-0.3, -0.25) is 9.36 Å². The molecule has 1 amide bonds. The van der Waals surface area contributed by atoms with Crippen LogP contribution in [-0.2, 0) is 11.3 Å². The van der Waals surface area contributed by atoms with Crippen LogP contribution >= 0.6 is 11.6 Å². The van der Waals surface area contributed by atoms with E-state index in [1.165, 1.54) is 18.1 Å². The lowest BCUT2D eigenvalue weighted by Gasteiger charge is -2.32. The average molecular weight is 441 g/mol. The topological polar surface area (TPSA) is 76.5 Å². The summed E-state index contributed by atoms with van der Waals surface area (Å²) in [4.78, 5) is 32.2. The molecule has 0 spiro atoms. The summed E-state index contributed by atoms with van der Waals surface area (Å²) in [5.41, 5.74) is 0.786. The maximum atomic E-state index is 12.9. The van der Waals surface area contributed by atoms with E-state index in [1.54, 1.807) is 18.2 Å². The van der Waals surface area contributed by atoms with E-state index in [4.69, 9.17) is 16.3 Å². The molecule has 7 nitrogen and oxygen atoms in total. The number of methoxy groups -OCH3 is 1. The lowest BCUT2D eigenvalue weighted by atomic mass is 10.00. The number of fused-ring (bicyclic) bond motifs is 1. The van der Waals surface area contributed by atoms with Gasteiger partial charge < -0.3 is 15.0 Å². The molecule has 1 unspecified atom stereocenters. The van der Waals surface area contributed by atoms with Crippen molar-refractivity contribution in [2.75, 3.05) is 30.4 Å². The Hall–Kier alpha value is -3.06. The number of nitrogens with zero attached hydrogens (tertiary/aromatic N) is 3. The number of anilines is 2. The van der Waals surface area contributed by atoms with Crippen LogP contribution in [0.1, 0.15) is 19.8 Å². The number of nitrogens with one attached hydrogen (secondary N) is 1. The van der Waals surface area contributed by atoms with Gasteiger partial charge in [0.2, 0.25) is 5.91 Å². The van der Waals surface area contributed by atoms with Gasteiger partial charge >= 0.3 is 5.69 Å².